The third-order valence-corrected chi connectivity index (χ3v) is 9.87. The van der Waals surface area contributed by atoms with Crippen molar-refractivity contribution in [2.45, 2.75) is 64.5 Å². The van der Waals surface area contributed by atoms with Crippen molar-refractivity contribution in [2.75, 3.05) is 62.3 Å². The van der Waals surface area contributed by atoms with Gasteiger partial charge in [-0.3, -0.25) is 0 Å². The lowest BCUT2D eigenvalue weighted by Crippen LogP contribution is -2.55. The molecule has 3 aromatic carbocycles. The summed E-state index contributed by atoms with van der Waals surface area (Å²) < 4.78 is 23.5. The highest BCUT2D eigenvalue weighted by Crippen LogP contribution is 2.35. The zero-order valence-electron chi connectivity index (χ0n) is 31.1. The minimum absolute atomic E-state index is 0.142. The summed E-state index contributed by atoms with van der Waals surface area (Å²) in [5, 5.41) is 12.1. The molecule has 3 aliphatic rings. The molecule has 0 radical (unpaired) electrons. The monoisotopic (exact) mass is 733 g/mol. The van der Waals surface area contributed by atoms with Crippen molar-refractivity contribution in [2.24, 2.45) is 0 Å². The Hall–Kier alpha value is -5.61. The average Bonchev–Trinajstić information content (AvgIpc) is 3.18. The Labute approximate surface area is 316 Å². The second kappa shape index (κ2) is 16.2. The number of piperazine rings is 1. The number of nitrogens with zero attached hydrogens (tertiary/aromatic N) is 7. The van der Waals surface area contributed by atoms with Gasteiger partial charge in [0, 0.05) is 49.4 Å². The molecular formula is C41H47N7O6. The number of benzene rings is 3. The molecule has 0 N–H and O–H groups in total. The summed E-state index contributed by atoms with van der Waals surface area (Å²) >= 11 is 0. The Morgan fingerprint density at radius 2 is 1.70 bits per heavy atom. The quantitative estimate of drug-likeness (QED) is 0.213. The largest absolute Gasteiger partial charge is 0.461 e. The molecule has 3 aliphatic heterocycles. The first-order chi connectivity index (χ1) is 26.1. The van der Waals surface area contributed by atoms with Crippen LogP contribution < -0.4 is 14.5 Å². The van der Waals surface area contributed by atoms with Gasteiger partial charge in [0.25, 0.3) is 0 Å². The van der Waals surface area contributed by atoms with Crippen molar-refractivity contribution in [1.29, 1.82) is 5.26 Å². The van der Waals surface area contributed by atoms with E-state index in [9.17, 15) is 14.9 Å². The van der Waals surface area contributed by atoms with E-state index in [4.69, 9.17) is 28.9 Å². The number of ether oxygens (including phenoxy) is 4. The smallest absolute Gasteiger partial charge is 0.410 e. The van der Waals surface area contributed by atoms with Crippen molar-refractivity contribution < 1.29 is 28.5 Å². The number of rotatable bonds is 8. The number of anilines is 2. The summed E-state index contributed by atoms with van der Waals surface area (Å²) in [5.41, 5.74) is 3.32. The first-order valence-electron chi connectivity index (χ1n) is 18.6. The zero-order valence-corrected chi connectivity index (χ0v) is 31.1. The summed E-state index contributed by atoms with van der Waals surface area (Å²) in [4.78, 5) is 43.8. The van der Waals surface area contributed by atoms with Crippen LogP contribution in [0.25, 0.3) is 10.8 Å². The highest BCUT2D eigenvalue weighted by Gasteiger charge is 2.35. The molecule has 13 heteroatoms. The van der Waals surface area contributed by atoms with Gasteiger partial charge in [0.2, 0.25) is 0 Å². The Balaban J connectivity index is 1.12. The van der Waals surface area contributed by atoms with Crippen molar-refractivity contribution in [3.63, 3.8) is 0 Å². The van der Waals surface area contributed by atoms with Gasteiger partial charge in [-0.05, 0) is 44.2 Å². The van der Waals surface area contributed by atoms with Gasteiger partial charge in [0.15, 0.2) is 0 Å². The molecule has 282 valence electrons. The fraction of sp³-hybridized carbons (Fsp3) is 0.439. The summed E-state index contributed by atoms with van der Waals surface area (Å²) in [5.74, 6) is 0.743. The Kier molecular flexibility index (Phi) is 11.0. The number of fused-ring (bicyclic) bond motifs is 2. The topological polar surface area (TPSA) is 134 Å². The van der Waals surface area contributed by atoms with Gasteiger partial charge < -0.3 is 38.5 Å². The lowest BCUT2D eigenvalue weighted by Gasteiger charge is -2.42. The molecule has 2 fully saturated rings. The fourth-order valence-electron chi connectivity index (χ4n) is 7.25. The van der Waals surface area contributed by atoms with Crippen LogP contribution in [-0.4, -0.2) is 102 Å². The van der Waals surface area contributed by atoms with Crippen LogP contribution in [0.5, 0.6) is 6.01 Å². The van der Waals surface area contributed by atoms with Crippen molar-refractivity contribution >= 4 is 34.5 Å². The summed E-state index contributed by atoms with van der Waals surface area (Å²) in [6.07, 6.45) is -0.368. The maximum atomic E-state index is 13.3. The Morgan fingerprint density at radius 3 is 2.52 bits per heavy atom. The molecule has 0 saturated carbocycles. The predicted octanol–water partition coefficient (Wildman–Crippen LogP) is 5.95. The van der Waals surface area contributed by atoms with E-state index in [1.165, 1.54) is 10.8 Å². The average molecular weight is 734 g/mol. The standard InChI is InChI=1S/C41H47N7O6/c1-41(2,3)54-39(49)47-22-23-51-32(25-47)28-52-38-43-35-26-45(36-15-9-13-30-12-7-8-14-33(30)36)19-17-34(35)37(44-38)46-20-21-48(31(24-46)16-18-42)40(50)53-27-29-10-5-4-6-11-29/h4-15,31-32H,16-17,19-28H2,1-3H3/t31?,32-/m0/s1. The van der Waals surface area contributed by atoms with Gasteiger partial charge in [-0.15, -0.1) is 0 Å². The maximum Gasteiger partial charge on any atom is 0.410 e. The lowest BCUT2D eigenvalue weighted by atomic mass is 10.0. The highest BCUT2D eigenvalue weighted by atomic mass is 16.6. The normalized spacial score (nSPS) is 18.9. The number of aromatic nitrogens is 2. The second-order valence-corrected chi connectivity index (χ2v) is 14.9. The van der Waals surface area contributed by atoms with Crippen LogP contribution in [0, 0.1) is 11.3 Å². The molecule has 2 saturated heterocycles. The van der Waals surface area contributed by atoms with E-state index >= 15 is 0 Å². The molecule has 7 rings (SSSR count). The van der Waals surface area contributed by atoms with Crippen molar-refractivity contribution in [3.8, 4) is 12.1 Å². The van der Waals surface area contributed by atoms with E-state index < -0.39 is 23.8 Å². The highest BCUT2D eigenvalue weighted by molar-refractivity contribution is 5.94. The van der Waals surface area contributed by atoms with E-state index in [1.807, 2.05) is 57.2 Å². The van der Waals surface area contributed by atoms with Crippen LogP contribution in [0.2, 0.25) is 0 Å². The molecule has 0 spiro atoms. The molecule has 1 aromatic heterocycles. The maximum absolute atomic E-state index is 13.3. The number of carbonyl (C=O) groups is 2. The fourth-order valence-corrected chi connectivity index (χ4v) is 7.25. The first-order valence-corrected chi connectivity index (χ1v) is 18.6. The van der Waals surface area contributed by atoms with Gasteiger partial charge in [-0.1, -0.05) is 66.7 Å². The van der Waals surface area contributed by atoms with Crippen molar-refractivity contribution in [1.82, 2.24) is 19.8 Å². The van der Waals surface area contributed by atoms with E-state index in [2.05, 4.69) is 52.3 Å². The first kappa shape index (κ1) is 36.7. The third-order valence-electron chi connectivity index (χ3n) is 9.87. The number of nitriles is 1. The SMILES string of the molecule is CC(C)(C)OC(=O)N1CCO[C@H](COc2nc3c(c(N4CCN(C(=O)OCc5ccccc5)C(CC#N)C4)n2)CCN(c2cccc4ccccc24)C3)C1. The third kappa shape index (κ3) is 8.60. The number of morpholine rings is 1. The van der Waals surface area contributed by atoms with Crippen LogP contribution in [0.15, 0.2) is 72.8 Å². The van der Waals surface area contributed by atoms with E-state index in [-0.39, 0.29) is 31.7 Å². The summed E-state index contributed by atoms with van der Waals surface area (Å²) in [7, 11) is 0. The van der Waals surface area contributed by atoms with Gasteiger partial charge in [0.1, 0.15) is 30.7 Å². The summed E-state index contributed by atoms with van der Waals surface area (Å²) in [6.45, 7) is 9.54. The van der Waals surface area contributed by atoms with E-state index in [0.717, 1.165) is 34.9 Å². The van der Waals surface area contributed by atoms with Gasteiger partial charge in [-0.25, -0.2) is 9.59 Å². The summed E-state index contributed by atoms with van der Waals surface area (Å²) in [6, 6.07) is 26.4. The van der Waals surface area contributed by atoms with Gasteiger partial charge >= 0.3 is 18.2 Å². The molecule has 0 aliphatic carbocycles. The number of carbonyl (C=O) groups excluding carboxylic acids is 2. The molecule has 2 amide bonds. The van der Waals surface area contributed by atoms with Gasteiger partial charge in [0.05, 0.1) is 43.9 Å². The molecule has 54 heavy (non-hydrogen) atoms. The van der Waals surface area contributed by atoms with Crippen LogP contribution in [0.4, 0.5) is 21.1 Å². The molecule has 13 nitrogen and oxygen atoms in total. The minimum atomic E-state index is -0.602. The van der Waals surface area contributed by atoms with Crippen molar-refractivity contribution in [3.05, 3.63) is 89.6 Å². The number of hydrogen-bond donors (Lipinski definition) is 0. The molecule has 0 bridgehead atoms. The molecule has 4 heterocycles. The zero-order chi connectivity index (χ0) is 37.7. The van der Waals surface area contributed by atoms with E-state index in [0.29, 0.717) is 52.3 Å². The van der Waals surface area contributed by atoms with E-state index in [1.54, 1.807) is 9.80 Å². The molecule has 1 unspecified atom stereocenters. The number of hydrogen-bond acceptors (Lipinski definition) is 11. The minimum Gasteiger partial charge on any atom is -0.461 e. The van der Waals surface area contributed by atoms with Crippen LogP contribution in [0.1, 0.15) is 44.0 Å². The second-order valence-electron chi connectivity index (χ2n) is 14.9. The Bertz CT molecular complexity index is 1990. The lowest BCUT2D eigenvalue weighted by molar-refractivity contribution is -0.0566. The van der Waals surface area contributed by atoms with Crippen LogP contribution >= 0.6 is 0 Å². The van der Waals surface area contributed by atoms with Crippen LogP contribution in [0.3, 0.4) is 0 Å². The molecular weight excluding hydrogens is 686 g/mol. The van der Waals surface area contributed by atoms with Gasteiger partial charge in [-0.2, -0.15) is 15.2 Å². The number of amides is 2. The Morgan fingerprint density at radius 1 is 0.907 bits per heavy atom. The predicted molar refractivity (Wildman–Crippen MR) is 203 cm³/mol. The molecule has 4 aromatic rings. The molecule has 2 atom stereocenters. The van der Waals surface area contributed by atoms with Crippen LogP contribution in [-0.2, 0) is 33.8 Å².